The molecule has 1 N–H and O–H groups in total. The molecular formula is C14H20N2O2. The molecule has 1 aromatic rings. The van der Waals surface area contributed by atoms with Crippen molar-refractivity contribution in [3.63, 3.8) is 0 Å². The lowest BCUT2D eigenvalue weighted by atomic mass is 9.94. The lowest BCUT2D eigenvalue weighted by Gasteiger charge is -2.39. The highest BCUT2D eigenvalue weighted by Crippen LogP contribution is 2.30. The maximum atomic E-state index is 11.3. The number of hydrogen-bond acceptors (Lipinski definition) is 3. The number of hydrogen-bond donors (Lipinski definition) is 1. The molecule has 2 heterocycles. The summed E-state index contributed by atoms with van der Waals surface area (Å²) in [7, 11) is 0. The number of carboxylic acids is 1. The lowest BCUT2D eigenvalue weighted by molar-refractivity contribution is 0.0697. The minimum atomic E-state index is -0.900. The molecule has 0 aliphatic carbocycles. The van der Waals surface area contributed by atoms with E-state index in [1.165, 1.54) is 12.6 Å². The Balaban J connectivity index is 2.41. The molecule has 4 nitrogen and oxygen atoms in total. The summed E-state index contributed by atoms with van der Waals surface area (Å²) in [6.07, 6.45) is 3.80. The maximum Gasteiger partial charge on any atom is 0.339 e. The van der Waals surface area contributed by atoms with E-state index < -0.39 is 5.97 Å². The third kappa shape index (κ3) is 2.47. The normalized spacial score (nSPS) is 24.1. The van der Waals surface area contributed by atoms with E-state index in [4.69, 9.17) is 0 Å². The summed E-state index contributed by atoms with van der Waals surface area (Å²) in [4.78, 5) is 17.6. The molecule has 1 saturated heterocycles. The van der Waals surface area contributed by atoms with Gasteiger partial charge in [0.2, 0.25) is 0 Å². The van der Waals surface area contributed by atoms with Crippen molar-refractivity contribution < 1.29 is 9.90 Å². The Morgan fingerprint density at radius 3 is 2.83 bits per heavy atom. The molecule has 0 amide bonds. The van der Waals surface area contributed by atoms with E-state index in [9.17, 15) is 9.90 Å². The van der Waals surface area contributed by atoms with Crippen LogP contribution < -0.4 is 4.90 Å². The predicted octanol–water partition coefficient (Wildman–Crippen LogP) is 2.71. The molecule has 2 atom stereocenters. The van der Waals surface area contributed by atoms with Crippen LogP contribution in [0, 0.1) is 12.8 Å². The monoisotopic (exact) mass is 248 g/mol. The van der Waals surface area contributed by atoms with Gasteiger partial charge in [0.05, 0.1) is 5.69 Å². The number of carbonyl (C=O) groups is 1. The van der Waals surface area contributed by atoms with Gasteiger partial charge in [-0.25, -0.2) is 4.79 Å². The summed E-state index contributed by atoms with van der Waals surface area (Å²) in [6.45, 7) is 7.19. The van der Waals surface area contributed by atoms with E-state index in [1.54, 1.807) is 0 Å². The third-order valence-electron chi connectivity index (χ3n) is 3.68. The summed E-state index contributed by atoms with van der Waals surface area (Å²) in [6, 6.07) is 2.28. The molecule has 0 spiro atoms. The van der Waals surface area contributed by atoms with E-state index in [0.29, 0.717) is 17.5 Å². The smallest absolute Gasteiger partial charge is 0.339 e. The zero-order valence-electron chi connectivity index (χ0n) is 11.2. The average Bonchev–Trinajstić information content (AvgIpc) is 2.31. The molecule has 0 radical (unpaired) electrons. The number of nitrogens with zero attached hydrogens (tertiary/aromatic N) is 2. The molecule has 0 bridgehead atoms. The highest BCUT2D eigenvalue weighted by molar-refractivity contribution is 5.94. The van der Waals surface area contributed by atoms with Crippen molar-refractivity contribution in [2.75, 3.05) is 11.4 Å². The standard InChI is InChI=1S/C14H20N2O2/c1-9-4-5-11(3)16(8-9)13-6-10(2)15-7-12(13)14(17)18/h6-7,9,11H,4-5,8H2,1-3H3,(H,17,18). The number of pyridine rings is 1. The van der Waals surface area contributed by atoms with Gasteiger partial charge in [-0.15, -0.1) is 0 Å². The molecule has 4 heteroatoms. The number of aryl methyl sites for hydroxylation is 1. The van der Waals surface area contributed by atoms with E-state index in [0.717, 1.165) is 24.3 Å². The number of aromatic nitrogens is 1. The molecule has 0 saturated carbocycles. The zero-order valence-corrected chi connectivity index (χ0v) is 11.2. The first-order valence-electron chi connectivity index (χ1n) is 6.45. The van der Waals surface area contributed by atoms with Gasteiger partial charge in [-0.2, -0.15) is 0 Å². The van der Waals surface area contributed by atoms with Gasteiger partial charge in [-0.05, 0) is 38.7 Å². The second-order valence-electron chi connectivity index (χ2n) is 5.33. The first kappa shape index (κ1) is 12.9. The lowest BCUT2D eigenvalue weighted by Crippen LogP contribution is -2.41. The number of piperidine rings is 1. The van der Waals surface area contributed by atoms with Crippen LogP contribution in [-0.4, -0.2) is 28.6 Å². The fourth-order valence-electron chi connectivity index (χ4n) is 2.57. The quantitative estimate of drug-likeness (QED) is 0.874. The van der Waals surface area contributed by atoms with Gasteiger partial charge in [-0.3, -0.25) is 4.98 Å². The van der Waals surface area contributed by atoms with Gasteiger partial charge in [0, 0.05) is 24.5 Å². The van der Waals surface area contributed by atoms with Crippen LogP contribution in [0.25, 0.3) is 0 Å². The van der Waals surface area contributed by atoms with Crippen LogP contribution in [0.15, 0.2) is 12.3 Å². The van der Waals surface area contributed by atoms with Crippen LogP contribution >= 0.6 is 0 Å². The van der Waals surface area contributed by atoms with Gasteiger partial charge < -0.3 is 10.0 Å². The second kappa shape index (κ2) is 4.96. The van der Waals surface area contributed by atoms with Crippen LogP contribution in [0.3, 0.4) is 0 Å². The SMILES string of the molecule is Cc1cc(N2CC(C)CCC2C)c(C(=O)O)cn1. The van der Waals surface area contributed by atoms with Crippen LogP contribution in [0.5, 0.6) is 0 Å². The van der Waals surface area contributed by atoms with Gasteiger partial charge in [0.25, 0.3) is 0 Å². The molecule has 0 aromatic carbocycles. The molecule has 1 fully saturated rings. The second-order valence-corrected chi connectivity index (χ2v) is 5.33. The summed E-state index contributed by atoms with van der Waals surface area (Å²) in [5.74, 6) is -0.292. The van der Waals surface area contributed by atoms with Crippen molar-refractivity contribution in [2.24, 2.45) is 5.92 Å². The highest BCUT2D eigenvalue weighted by atomic mass is 16.4. The summed E-state index contributed by atoms with van der Waals surface area (Å²) >= 11 is 0. The molecule has 2 unspecified atom stereocenters. The van der Waals surface area contributed by atoms with Crippen molar-refractivity contribution in [1.82, 2.24) is 4.98 Å². The average molecular weight is 248 g/mol. The first-order valence-corrected chi connectivity index (χ1v) is 6.45. The van der Waals surface area contributed by atoms with Crippen LogP contribution in [0.1, 0.15) is 42.7 Å². The molecule has 1 aliphatic heterocycles. The first-order chi connectivity index (χ1) is 8.49. The Labute approximate surface area is 108 Å². The maximum absolute atomic E-state index is 11.3. The predicted molar refractivity (Wildman–Crippen MR) is 71.1 cm³/mol. The zero-order chi connectivity index (χ0) is 13.3. The highest BCUT2D eigenvalue weighted by Gasteiger charge is 2.26. The Hall–Kier alpha value is -1.58. The molecular weight excluding hydrogens is 228 g/mol. The van der Waals surface area contributed by atoms with Crippen molar-refractivity contribution in [3.05, 3.63) is 23.5 Å². The summed E-state index contributed by atoms with van der Waals surface area (Å²) < 4.78 is 0. The number of rotatable bonds is 2. The van der Waals surface area contributed by atoms with Gasteiger partial charge in [0.1, 0.15) is 5.56 Å². The Kier molecular flexibility index (Phi) is 3.55. The third-order valence-corrected chi connectivity index (χ3v) is 3.68. The number of anilines is 1. The van der Waals surface area contributed by atoms with E-state index in [2.05, 4.69) is 23.7 Å². The minimum Gasteiger partial charge on any atom is -0.478 e. The summed E-state index contributed by atoms with van der Waals surface area (Å²) in [5.41, 5.74) is 1.98. The number of aromatic carboxylic acids is 1. The van der Waals surface area contributed by atoms with E-state index in [-0.39, 0.29) is 0 Å². The van der Waals surface area contributed by atoms with Crippen molar-refractivity contribution >= 4 is 11.7 Å². The van der Waals surface area contributed by atoms with Crippen LogP contribution in [0.2, 0.25) is 0 Å². The van der Waals surface area contributed by atoms with Gasteiger partial charge in [0.15, 0.2) is 0 Å². The summed E-state index contributed by atoms with van der Waals surface area (Å²) in [5, 5.41) is 9.27. The van der Waals surface area contributed by atoms with Crippen LogP contribution in [-0.2, 0) is 0 Å². The molecule has 98 valence electrons. The Bertz CT molecular complexity index is 459. The van der Waals surface area contributed by atoms with Crippen molar-refractivity contribution in [2.45, 2.75) is 39.7 Å². The topological polar surface area (TPSA) is 53.4 Å². The molecule has 2 rings (SSSR count). The van der Waals surface area contributed by atoms with E-state index in [1.807, 2.05) is 13.0 Å². The fraction of sp³-hybridized carbons (Fsp3) is 0.571. The fourth-order valence-corrected chi connectivity index (χ4v) is 2.57. The Morgan fingerprint density at radius 1 is 1.44 bits per heavy atom. The molecule has 1 aromatic heterocycles. The Morgan fingerprint density at radius 2 is 2.17 bits per heavy atom. The number of carboxylic acid groups (broad SMARTS) is 1. The van der Waals surface area contributed by atoms with Crippen molar-refractivity contribution in [3.8, 4) is 0 Å². The van der Waals surface area contributed by atoms with E-state index >= 15 is 0 Å². The van der Waals surface area contributed by atoms with Gasteiger partial charge >= 0.3 is 5.97 Å². The minimum absolute atomic E-state index is 0.307. The van der Waals surface area contributed by atoms with Crippen molar-refractivity contribution in [1.29, 1.82) is 0 Å². The van der Waals surface area contributed by atoms with Crippen LogP contribution in [0.4, 0.5) is 5.69 Å². The molecule has 1 aliphatic rings. The molecule has 18 heavy (non-hydrogen) atoms. The largest absolute Gasteiger partial charge is 0.478 e. The van der Waals surface area contributed by atoms with Gasteiger partial charge in [-0.1, -0.05) is 6.92 Å².